The Kier molecular flexibility index (Phi) is 3.78. The molecular formula is C16H22F2N2. The molecule has 4 heteroatoms. The van der Waals surface area contributed by atoms with Crippen LogP contribution in [-0.2, 0) is 0 Å². The van der Waals surface area contributed by atoms with Crippen LogP contribution in [0.5, 0.6) is 0 Å². The molecule has 2 aliphatic rings. The maximum atomic E-state index is 13.4. The van der Waals surface area contributed by atoms with Gasteiger partial charge in [-0.05, 0) is 57.4 Å². The topological polar surface area (TPSA) is 15.3 Å². The molecule has 0 amide bonds. The van der Waals surface area contributed by atoms with Gasteiger partial charge in [0.2, 0.25) is 0 Å². The second kappa shape index (κ2) is 5.41. The van der Waals surface area contributed by atoms with E-state index >= 15 is 0 Å². The molecule has 3 rings (SSSR count). The molecule has 2 heterocycles. The van der Waals surface area contributed by atoms with Crippen LogP contribution >= 0.6 is 0 Å². The van der Waals surface area contributed by atoms with Crippen LogP contribution in [-0.4, -0.2) is 30.1 Å². The lowest BCUT2D eigenvalue weighted by Crippen LogP contribution is -2.47. The highest BCUT2D eigenvalue weighted by Crippen LogP contribution is 2.33. The maximum Gasteiger partial charge on any atom is 0.126 e. The lowest BCUT2D eigenvalue weighted by Gasteiger charge is -2.39. The monoisotopic (exact) mass is 280 g/mol. The molecule has 1 aromatic rings. The normalized spacial score (nSPS) is 30.8. The average Bonchev–Trinajstić information content (AvgIpc) is 2.74. The van der Waals surface area contributed by atoms with Crippen LogP contribution in [0, 0.1) is 11.6 Å². The van der Waals surface area contributed by atoms with Gasteiger partial charge in [-0.2, -0.15) is 0 Å². The second-order valence-electron chi connectivity index (χ2n) is 6.31. The lowest BCUT2D eigenvalue weighted by atomic mass is 9.96. The molecule has 2 bridgehead atoms. The summed E-state index contributed by atoms with van der Waals surface area (Å²) in [6.07, 6.45) is 4.79. The number of benzene rings is 1. The number of nitrogens with one attached hydrogen (secondary N) is 1. The highest BCUT2D eigenvalue weighted by atomic mass is 19.1. The van der Waals surface area contributed by atoms with E-state index in [-0.39, 0.29) is 6.04 Å². The van der Waals surface area contributed by atoms with E-state index in [0.29, 0.717) is 18.1 Å². The molecule has 0 spiro atoms. The number of hydrogen-bond donors (Lipinski definition) is 1. The number of rotatable bonds is 3. The summed E-state index contributed by atoms with van der Waals surface area (Å²) in [4.78, 5) is 2.28. The van der Waals surface area contributed by atoms with Crippen molar-refractivity contribution in [2.45, 2.75) is 56.8 Å². The Morgan fingerprint density at radius 2 is 1.65 bits per heavy atom. The highest BCUT2D eigenvalue weighted by Gasteiger charge is 2.36. The van der Waals surface area contributed by atoms with Crippen LogP contribution in [0.1, 0.15) is 44.2 Å². The van der Waals surface area contributed by atoms with Gasteiger partial charge in [-0.25, -0.2) is 8.78 Å². The van der Waals surface area contributed by atoms with Crippen LogP contribution < -0.4 is 5.32 Å². The molecule has 20 heavy (non-hydrogen) atoms. The van der Waals surface area contributed by atoms with Crippen molar-refractivity contribution in [2.75, 3.05) is 7.05 Å². The van der Waals surface area contributed by atoms with E-state index in [1.807, 2.05) is 6.92 Å². The Hall–Kier alpha value is -1.00. The third kappa shape index (κ3) is 2.72. The van der Waals surface area contributed by atoms with Crippen LogP contribution in [0.25, 0.3) is 0 Å². The molecule has 0 radical (unpaired) electrons. The van der Waals surface area contributed by atoms with E-state index in [1.54, 1.807) is 0 Å². The largest absolute Gasteiger partial charge is 0.311 e. The smallest absolute Gasteiger partial charge is 0.126 e. The Morgan fingerprint density at radius 1 is 1.10 bits per heavy atom. The van der Waals surface area contributed by atoms with E-state index in [0.717, 1.165) is 24.5 Å². The van der Waals surface area contributed by atoms with Gasteiger partial charge in [0.05, 0.1) is 0 Å². The summed E-state index contributed by atoms with van der Waals surface area (Å²) in [5, 5.41) is 3.63. The molecule has 2 saturated heterocycles. The van der Waals surface area contributed by atoms with Crippen molar-refractivity contribution < 1.29 is 8.78 Å². The van der Waals surface area contributed by atoms with Crippen molar-refractivity contribution in [3.63, 3.8) is 0 Å². The van der Waals surface area contributed by atoms with Crippen molar-refractivity contribution >= 4 is 0 Å². The van der Waals surface area contributed by atoms with Gasteiger partial charge in [-0.15, -0.1) is 0 Å². The summed E-state index contributed by atoms with van der Waals surface area (Å²) < 4.78 is 26.7. The molecule has 0 saturated carbocycles. The van der Waals surface area contributed by atoms with Gasteiger partial charge in [-0.1, -0.05) is 0 Å². The molecule has 1 aromatic carbocycles. The number of piperidine rings is 1. The number of nitrogens with zero attached hydrogens (tertiary/aromatic N) is 1. The Morgan fingerprint density at radius 3 is 2.20 bits per heavy atom. The Balaban J connectivity index is 1.74. The first kappa shape index (κ1) is 14.0. The average molecular weight is 280 g/mol. The minimum atomic E-state index is -0.495. The SMILES string of the molecule is CC(c1cc(F)cc(F)c1)N(C)C1CC2CCC(C1)N2. The number of hydrogen-bond acceptors (Lipinski definition) is 2. The van der Waals surface area contributed by atoms with E-state index in [1.165, 1.54) is 25.0 Å². The first-order valence-electron chi connectivity index (χ1n) is 7.47. The fourth-order valence-electron chi connectivity index (χ4n) is 3.73. The van der Waals surface area contributed by atoms with Gasteiger partial charge in [0.25, 0.3) is 0 Å². The zero-order valence-corrected chi connectivity index (χ0v) is 12.1. The number of halogens is 2. The van der Waals surface area contributed by atoms with Crippen molar-refractivity contribution in [1.82, 2.24) is 10.2 Å². The molecular weight excluding hydrogens is 258 g/mol. The molecule has 110 valence electrons. The van der Waals surface area contributed by atoms with Crippen LogP contribution in [0.15, 0.2) is 18.2 Å². The predicted molar refractivity (Wildman–Crippen MR) is 75.5 cm³/mol. The van der Waals surface area contributed by atoms with Crippen LogP contribution in [0.4, 0.5) is 8.78 Å². The summed E-state index contributed by atoms with van der Waals surface area (Å²) in [7, 11) is 2.07. The molecule has 3 unspecified atom stereocenters. The predicted octanol–water partition coefficient (Wildman–Crippen LogP) is 3.24. The summed E-state index contributed by atoms with van der Waals surface area (Å²) in [6, 6.07) is 5.59. The lowest BCUT2D eigenvalue weighted by molar-refractivity contribution is 0.132. The first-order valence-corrected chi connectivity index (χ1v) is 7.47. The van der Waals surface area contributed by atoms with Crippen molar-refractivity contribution in [1.29, 1.82) is 0 Å². The fraction of sp³-hybridized carbons (Fsp3) is 0.625. The molecule has 1 N–H and O–H groups in total. The van der Waals surface area contributed by atoms with Gasteiger partial charge in [0, 0.05) is 30.2 Å². The van der Waals surface area contributed by atoms with Crippen LogP contribution in [0.3, 0.4) is 0 Å². The maximum absolute atomic E-state index is 13.4. The standard InChI is InChI=1S/C16H22F2N2/c1-10(11-5-12(17)7-13(18)6-11)20(2)16-8-14-3-4-15(9-16)19-14/h5-7,10,14-16,19H,3-4,8-9H2,1-2H3. The minimum Gasteiger partial charge on any atom is -0.311 e. The second-order valence-corrected chi connectivity index (χ2v) is 6.31. The van der Waals surface area contributed by atoms with E-state index in [4.69, 9.17) is 0 Å². The first-order chi connectivity index (χ1) is 9.52. The molecule has 2 nitrogen and oxygen atoms in total. The third-order valence-electron chi connectivity index (χ3n) is 5.00. The third-order valence-corrected chi connectivity index (χ3v) is 5.00. The van der Waals surface area contributed by atoms with Gasteiger partial charge in [0.15, 0.2) is 0 Å². The van der Waals surface area contributed by atoms with Crippen molar-refractivity contribution in [3.05, 3.63) is 35.4 Å². The van der Waals surface area contributed by atoms with Gasteiger partial charge >= 0.3 is 0 Å². The number of fused-ring (bicyclic) bond motifs is 2. The Labute approximate surface area is 119 Å². The Bertz CT molecular complexity index is 459. The van der Waals surface area contributed by atoms with Crippen LogP contribution in [0.2, 0.25) is 0 Å². The zero-order chi connectivity index (χ0) is 14.3. The minimum absolute atomic E-state index is 0.0303. The summed E-state index contributed by atoms with van der Waals surface area (Å²) in [5.41, 5.74) is 0.718. The van der Waals surface area contributed by atoms with E-state index in [9.17, 15) is 8.78 Å². The molecule has 2 fully saturated rings. The van der Waals surface area contributed by atoms with Gasteiger partial charge in [0.1, 0.15) is 11.6 Å². The highest BCUT2D eigenvalue weighted by molar-refractivity contribution is 5.21. The van der Waals surface area contributed by atoms with E-state index < -0.39 is 11.6 Å². The molecule has 3 atom stereocenters. The summed E-state index contributed by atoms with van der Waals surface area (Å²) in [6.45, 7) is 2.03. The van der Waals surface area contributed by atoms with Gasteiger partial charge < -0.3 is 5.32 Å². The van der Waals surface area contributed by atoms with Gasteiger partial charge in [-0.3, -0.25) is 4.90 Å². The summed E-state index contributed by atoms with van der Waals surface area (Å²) >= 11 is 0. The van der Waals surface area contributed by atoms with E-state index in [2.05, 4.69) is 17.3 Å². The fourth-order valence-corrected chi connectivity index (χ4v) is 3.73. The molecule has 2 aliphatic heterocycles. The van der Waals surface area contributed by atoms with Crippen molar-refractivity contribution in [2.24, 2.45) is 0 Å². The molecule has 0 aromatic heterocycles. The molecule has 0 aliphatic carbocycles. The zero-order valence-electron chi connectivity index (χ0n) is 12.1. The van der Waals surface area contributed by atoms with Crippen molar-refractivity contribution in [3.8, 4) is 0 Å². The quantitative estimate of drug-likeness (QED) is 0.914. The summed E-state index contributed by atoms with van der Waals surface area (Å²) in [5.74, 6) is -0.990.